The number of ether oxygens (including phenoxy) is 1. The standard InChI is InChI=1S/C78H85N4O/c1-73(2,3)52-36-37-79-71(46-52)82-67-31-22-21-30-63(67)61-28-19-20-29-62(61)64-35-34-60(48-70(64)82)83-59-27-25-26-58(47-59)80-49-81(69-33-24-23-32-68(69)80)72-65(50-38-53(74(4,5)6)42-54(39-50)75(7,8)9)44-57(78(16,17)18)45-66(72)51-40-55(76(10,11)12)43-56(41-51)77(13,14)15/h19-49H,1-18H3/q+1. The van der Waals surface area contributed by atoms with E-state index in [9.17, 15) is 0 Å². The molecule has 5 nitrogen and oxygen atoms in total. The first kappa shape index (κ1) is 56.8. The van der Waals surface area contributed by atoms with Gasteiger partial charge in [0.1, 0.15) is 28.7 Å². The summed E-state index contributed by atoms with van der Waals surface area (Å²) in [5, 5.41) is 0. The summed E-state index contributed by atoms with van der Waals surface area (Å²) >= 11 is 0. The number of hydrogen-bond donors (Lipinski definition) is 0. The first-order valence-corrected chi connectivity index (χ1v) is 29.8. The predicted molar refractivity (Wildman–Crippen MR) is 351 cm³/mol. The summed E-state index contributed by atoms with van der Waals surface area (Å²) in [6.07, 6.45) is 4.26. The maximum absolute atomic E-state index is 7.08. The molecule has 8 aromatic carbocycles. The molecule has 0 saturated carbocycles. The van der Waals surface area contributed by atoms with Crippen LogP contribution in [0.25, 0.3) is 66.9 Å². The van der Waals surface area contributed by atoms with Gasteiger partial charge in [-0.25, -0.2) is 4.98 Å². The molecule has 0 amide bonds. The van der Waals surface area contributed by atoms with E-state index in [0.29, 0.717) is 0 Å². The topological polar surface area (TPSA) is 34.2 Å². The molecule has 1 aliphatic heterocycles. The molecule has 10 aromatic rings. The monoisotopic (exact) mass is 1090 g/mol. The quantitative estimate of drug-likeness (QED) is 0.149. The minimum atomic E-state index is -0.150. The van der Waals surface area contributed by atoms with Crippen molar-refractivity contribution in [3.63, 3.8) is 0 Å². The van der Waals surface area contributed by atoms with Crippen molar-refractivity contribution in [2.45, 2.75) is 157 Å². The number of imidazole rings is 1. The summed E-state index contributed by atoms with van der Waals surface area (Å²) in [5.74, 6) is 2.33. The van der Waals surface area contributed by atoms with Gasteiger partial charge in [0.25, 0.3) is 6.33 Å². The van der Waals surface area contributed by atoms with Crippen LogP contribution >= 0.6 is 0 Å². The van der Waals surface area contributed by atoms with Gasteiger partial charge in [-0.3, -0.25) is 4.90 Å². The maximum Gasteiger partial charge on any atom is 0.255 e. The van der Waals surface area contributed by atoms with Crippen LogP contribution in [0.1, 0.15) is 158 Å². The van der Waals surface area contributed by atoms with Crippen LogP contribution in [0, 0.1) is 0 Å². The highest BCUT2D eigenvalue weighted by atomic mass is 16.5. The van der Waals surface area contributed by atoms with Gasteiger partial charge in [0, 0.05) is 40.6 Å². The van der Waals surface area contributed by atoms with Gasteiger partial charge in [0.05, 0.1) is 11.4 Å². The van der Waals surface area contributed by atoms with Gasteiger partial charge in [-0.1, -0.05) is 222 Å². The zero-order chi connectivity index (χ0) is 59.3. The van der Waals surface area contributed by atoms with E-state index in [1.807, 2.05) is 6.20 Å². The van der Waals surface area contributed by atoms with E-state index in [1.54, 1.807) is 0 Å². The predicted octanol–water partition coefficient (Wildman–Crippen LogP) is 21.3. The molecule has 422 valence electrons. The molecule has 3 heterocycles. The van der Waals surface area contributed by atoms with Gasteiger partial charge < -0.3 is 4.74 Å². The van der Waals surface area contributed by atoms with Crippen LogP contribution in [0.4, 0.5) is 17.2 Å². The van der Waals surface area contributed by atoms with Crippen LogP contribution < -0.4 is 14.2 Å². The van der Waals surface area contributed by atoms with Crippen molar-refractivity contribution in [2.24, 2.45) is 0 Å². The zero-order valence-electron chi connectivity index (χ0n) is 52.6. The summed E-state index contributed by atoms with van der Waals surface area (Å²) in [7, 11) is 0. The fraction of sp³-hybridized carbons (Fsp3) is 0.308. The van der Waals surface area contributed by atoms with E-state index < -0.39 is 0 Å². The van der Waals surface area contributed by atoms with Crippen molar-refractivity contribution < 1.29 is 9.30 Å². The van der Waals surface area contributed by atoms with Crippen molar-refractivity contribution in [2.75, 3.05) is 4.90 Å². The largest absolute Gasteiger partial charge is 0.457 e. The molecule has 0 fully saturated rings. The Bertz CT molecular complexity index is 3970. The second-order valence-corrected chi connectivity index (χ2v) is 29.4. The third-order valence-electron chi connectivity index (χ3n) is 16.8. The fourth-order valence-electron chi connectivity index (χ4n) is 11.6. The number of benzene rings is 8. The van der Waals surface area contributed by atoms with Crippen LogP contribution in [-0.4, -0.2) is 9.55 Å². The number of fused-ring (bicyclic) bond motifs is 6. The lowest BCUT2D eigenvalue weighted by Gasteiger charge is -2.29. The Morgan fingerprint density at radius 1 is 0.361 bits per heavy atom. The molecule has 0 aliphatic carbocycles. The SMILES string of the molecule is CC(C)(C)c1cc(-c2cc(C(C)(C)C)cc(-c3cc(C(C)(C)C)cc(C(C)(C)C)c3)c2-[n+]2cn(-c3cccc(Oc4ccc5c(c4)N(c4cc(C(C)(C)C)ccn4)c4ccccc4-c4ccccc4-5)c3)c3ccccc32)cc(C(C)(C)C)c1. The number of hydrogen-bond acceptors (Lipinski definition) is 3. The van der Waals surface area contributed by atoms with Crippen molar-refractivity contribution in [1.29, 1.82) is 0 Å². The number of para-hydroxylation sites is 3. The van der Waals surface area contributed by atoms with Gasteiger partial charge in [0.15, 0.2) is 11.0 Å². The molecular weight excluding hydrogens is 1010 g/mol. The minimum Gasteiger partial charge on any atom is -0.457 e. The molecule has 0 atom stereocenters. The molecule has 0 radical (unpaired) electrons. The highest BCUT2D eigenvalue weighted by molar-refractivity contribution is 6.02. The fourth-order valence-corrected chi connectivity index (χ4v) is 11.6. The molecule has 1 aliphatic rings. The second kappa shape index (κ2) is 20.4. The Kier molecular flexibility index (Phi) is 14.0. The van der Waals surface area contributed by atoms with Crippen molar-refractivity contribution in [3.8, 4) is 67.4 Å². The molecule has 83 heavy (non-hydrogen) atoms. The van der Waals surface area contributed by atoms with Gasteiger partial charge in [-0.2, -0.15) is 9.13 Å². The van der Waals surface area contributed by atoms with Crippen molar-refractivity contribution in [3.05, 3.63) is 222 Å². The van der Waals surface area contributed by atoms with Crippen molar-refractivity contribution in [1.82, 2.24) is 9.55 Å². The van der Waals surface area contributed by atoms with Crippen LogP contribution in [-0.2, 0) is 32.5 Å². The minimum absolute atomic E-state index is 0.0704. The number of pyridine rings is 1. The van der Waals surface area contributed by atoms with E-state index in [-0.39, 0.29) is 32.5 Å². The van der Waals surface area contributed by atoms with E-state index >= 15 is 0 Å². The van der Waals surface area contributed by atoms with E-state index in [0.717, 1.165) is 62.2 Å². The third-order valence-corrected chi connectivity index (χ3v) is 16.8. The smallest absolute Gasteiger partial charge is 0.255 e. The molecule has 0 unspecified atom stereocenters. The lowest BCUT2D eigenvalue weighted by Crippen LogP contribution is -2.31. The van der Waals surface area contributed by atoms with Crippen LogP contribution in [0.15, 0.2) is 188 Å². The lowest BCUT2D eigenvalue weighted by molar-refractivity contribution is -0.566. The molecule has 0 bridgehead atoms. The Morgan fingerprint density at radius 2 is 0.831 bits per heavy atom. The average molecular weight is 1090 g/mol. The summed E-state index contributed by atoms with van der Waals surface area (Å²) in [6, 6.07) is 65.4. The van der Waals surface area contributed by atoms with E-state index in [1.165, 1.54) is 66.8 Å². The first-order valence-electron chi connectivity index (χ1n) is 29.8. The van der Waals surface area contributed by atoms with Gasteiger partial charge in [-0.15, -0.1) is 0 Å². The zero-order valence-corrected chi connectivity index (χ0v) is 52.6. The highest BCUT2D eigenvalue weighted by Crippen LogP contribution is 2.52. The Hall–Kier alpha value is -8.02. The van der Waals surface area contributed by atoms with Gasteiger partial charge in [0.2, 0.25) is 0 Å². The molecule has 11 rings (SSSR count). The molecule has 0 spiro atoms. The number of nitrogens with zero attached hydrogens (tertiary/aromatic N) is 4. The second-order valence-electron chi connectivity index (χ2n) is 29.4. The third kappa shape index (κ3) is 11.1. The van der Waals surface area contributed by atoms with Crippen LogP contribution in [0.3, 0.4) is 0 Å². The van der Waals surface area contributed by atoms with E-state index in [4.69, 9.17) is 9.72 Å². The van der Waals surface area contributed by atoms with Crippen LogP contribution in [0.2, 0.25) is 0 Å². The molecule has 0 saturated heterocycles. The van der Waals surface area contributed by atoms with Crippen molar-refractivity contribution >= 4 is 28.2 Å². The van der Waals surface area contributed by atoms with Gasteiger partial charge >= 0.3 is 0 Å². The van der Waals surface area contributed by atoms with Gasteiger partial charge in [-0.05, 0) is 155 Å². The first-order chi connectivity index (χ1) is 38.9. The number of rotatable bonds is 7. The maximum atomic E-state index is 7.08. The number of anilines is 3. The Morgan fingerprint density at radius 3 is 1.37 bits per heavy atom. The molecule has 2 aromatic heterocycles. The Labute approximate surface area is 495 Å². The molecule has 0 N–H and O–H groups in total. The summed E-state index contributed by atoms with van der Waals surface area (Å²) < 4.78 is 11.9. The van der Waals surface area contributed by atoms with E-state index in [2.05, 4.69) is 321 Å². The summed E-state index contributed by atoms with van der Waals surface area (Å²) in [6.45, 7) is 41.9. The summed E-state index contributed by atoms with van der Waals surface area (Å²) in [4.78, 5) is 7.40. The molecule has 5 heteroatoms. The number of aromatic nitrogens is 3. The average Bonchev–Trinajstić information content (AvgIpc) is 2.93. The lowest BCUT2D eigenvalue weighted by atomic mass is 9.76. The highest BCUT2D eigenvalue weighted by Gasteiger charge is 2.33. The summed E-state index contributed by atoms with van der Waals surface area (Å²) in [5.41, 5.74) is 23.1. The normalized spacial score (nSPS) is 13.2. The van der Waals surface area contributed by atoms with Crippen LogP contribution in [0.5, 0.6) is 11.5 Å². The molecular formula is C78H85N4O+. The Balaban J connectivity index is 1.12.